The molecule has 1 aromatic carbocycles. The van der Waals surface area contributed by atoms with Crippen LogP contribution in [0.5, 0.6) is 0 Å². The molecule has 1 N–H and O–H groups in total. The summed E-state index contributed by atoms with van der Waals surface area (Å²) in [5.41, 5.74) is 2.68. The molecule has 1 aliphatic carbocycles. The van der Waals surface area contributed by atoms with Gasteiger partial charge in [-0.3, -0.25) is 14.5 Å². The van der Waals surface area contributed by atoms with Crippen molar-refractivity contribution >= 4 is 11.8 Å². The van der Waals surface area contributed by atoms with Gasteiger partial charge >= 0.3 is 0 Å². The van der Waals surface area contributed by atoms with E-state index >= 15 is 0 Å². The first-order chi connectivity index (χ1) is 10.0. The summed E-state index contributed by atoms with van der Waals surface area (Å²) in [4.78, 5) is 24.8. The number of carbonyl (C=O) groups is 2. The highest BCUT2D eigenvalue weighted by molar-refractivity contribution is 6.00. The zero-order valence-corrected chi connectivity index (χ0v) is 12.6. The number of amides is 2. The Bertz CT molecular complexity index is 546. The zero-order chi connectivity index (χ0) is 15.0. The minimum Gasteiger partial charge on any atom is -0.303 e. The van der Waals surface area contributed by atoms with E-state index in [1.165, 1.54) is 16.0 Å². The maximum Gasteiger partial charge on any atom is 0.246 e. The molecule has 1 heterocycles. The fourth-order valence-corrected chi connectivity index (χ4v) is 3.22. The standard InChI is InChI=1S/C17H22N2O2/c1-11-3-5-12(6-4-11)13-9-14(10-13)18-15-7-8-16(20)19(2)17(15)21/h3-6,13-15,18H,7-10H2,1-2H3. The van der Waals surface area contributed by atoms with Gasteiger partial charge in [-0.2, -0.15) is 0 Å². The molecule has 112 valence electrons. The smallest absolute Gasteiger partial charge is 0.246 e. The highest BCUT2D eigenvalue weighted by atomic mass is 16.2. The van der Waals surface area contributed by atoms with Crippen molar-refractivity contribution in [1.82, 2.24) is 10.2 Å². The van der Waals surface area contributed by atoms with Crippen LogP contribution in [0.3, 0.4) is 0 Å². The van der Waals surface area contributed by atoms with E-state index < -0.39 is 0 Å². The van der Waals surface area contributed by atoms with Crippen LogP contribution in [0.15, 0.2) is 24.3 Å². The predicted molar refractivity (Wildman–Crippen MR) is 80.9 cm³/mol. The fourth-order valence-electron chi connectivity index (χ4n) is 3.22. The molecule has 3 rings (SSSR count). The number of nitrogens with one attached hydrogen (secondary N) is 1. The molecule has 0 radical (unpaired) electrons. The van der Waals surface area contributed by atoms with Crippen LogP contribution in [-0.2, 0) is 9.59 Å². The summed E-state index contributed by atoms with van der Waals surface area (Å²) in [6.45, 7) is 2.10. The van der Waals surface area contributed by atoms with Gasteiger partial charge in [0.1, 0.15) is 0 Å². The maximum atomic E-state index is 12.0. The third-order valence-corrected chi connectivity index (χ3v) is 4.77. The first kappa shape index (κ1) is 14.3. The van der Waals surface area contributed by atoms with E-state index in [2.05, 4.69) is 36.5 Å². The summed E-state index contributed by atoms with van der Waals surface area (Å²) in [7, 11) is 1.58. The Morgan fingerprint density at radius 1 is 1.14 bits per heavy atom. The molecule has 2 aliphatic rings. The molecule has 4 heteroatoms. The topological polar surface area (TPSA) is 49.4 Å². The Hall–Kier alpha value is -1.68. The molecule has 4 nitrogen and oxygen atoms in total. The fraction of sp³-hybridized carbons (Fsp3) is 0.529. The first-order valence-corrected chi connectivity index (χ1v) is 7.67. The van der Waals surface area contributed by atoms with Crippen LogP contribution < -0.4 is 5.32 Å². The lowest BCUT2D eigenvalue weighted by atomic mass is 9.75. The number of carbonyl (C=O) groups excluding carboxylic acids is 2. The number of nitrogens with zero attached hydrogens (tertiary/aromatic N) is 1. The average Bonchev–Trinajstić information content (AvgIpc) is 2.43. The molecule has 0 aromatic heterocycles. The summed E-state index contributed by atoms with van der Waals surface area (Å²) in [6.07, 6.45) is 3.25. The van der Waals surface area contributed by atoms with Crippen LogP contribution in [0, 0.1) is 6.92 Å². The average molecular weight is 286 g/mol. The van der Waals surface area contributed by atoms with Crippen molar-refractivity contribution in [3.63, 3.8) is 0 Å². The molecule has 1 aliphatic heterocycles. The van der Waals surface area contributed by atoms with Gasteiger partial charge in [0.05, 0.1) is 6.04 Å². The van der Waals surface area contributed by atoms with Crippen LogP contribution in [0.2, 0.25) is 0 Å². The van der Waals surface area contributed by atoms with Crippen molar-refractivity contribution in [2.75, 3.05) is 7.05 Å². The number of piperidine rings is 1. The van der Waals surface area contributed by atoms with Gasteiger partial charge in [-0.1, -0.05) is 29.8 Å². The van der Waals surface area contributed by atoms with Crippen LogP contribution >= 0.6 is 0 Å². The summed E-state index contributed by atoms with van der Waals surface area (Å²) in [5, 5.41) is 3.42. The SMILES string of the molecule is Cc1ccc(C2CC(NC3CCC(=O)N(C)C3=O)C2)cc1. The Balaban J connectivity index is 1.52. The highest BCUT2D eigenvalue weighted by Gasteiger charge is 2.37. The number of aryl methyl sites for hydroxylation is 1. The van der Waals surface area contributed by atoms with Gasteiger partial charge in [0.2, 0.25) is 11.8 Å². The number of likely N-dealkylation sites (tertiary alicyclic amines) is 1. The lowest BCUT2D eigenvalue weighted by Gasteiger charge is -2.40. The van der Waals surface area contributed by atoms with Crippen molar-refractivity contribution in [3.8, 4) is 0 Å². The van der Waals surface area contributed by atoms with Crippen molar-refractivity contribution < 1.29 is 9.59 Å². The number of hydrogen-bond acceptors (Lipinski definition) is 3. The van der Waals surface area contributed by atoms with Gasteiger partial charge < -0.3 is 5.32 Å². The minimum atomic E-state index is -0.184. The molecule has 2 fully saturated rings. The quantitative estimate of drug-likeness (QED) is 0.864. The number of likely N-dealkylation sites (N-methyl/N-ethyl adjacent to an activating group) is 1. The monoisotopic (exact) mass is 286 g/mol. The van der Waals surface area contributed by atoms with Crippen LogP contribution in [0.4, 0.5) is 0 Å². The molecule has 0 spiro atoms. The maximum absolute atomic E-state index is 12.0. The number of rotatable bonds is 3. The van der Waals surface area contributed by atoms with Gasteiger partial charge in [0, 0.05) is 19.5 Å². The van der Waals surface area contributed by atoms with E-state index in [9.17, 15) is 9.59 Å². The summed E-state index contributed by atoms with van der Waals surface area (Å²) >= 11 is 0. The number of imide groups is 1. The zero-order valence-electron chi connectivity index (χ0n) is 12.6. The molecule has 1 saturated carbocycles. The number of benzene rings is 1. The molecule has 1 unspecified atom stereocenters. The van der Waals surface area contributed by atoms with Gasteiger partial charge in [-0.25, -0.2) is 0 Å². The Labute approximate surface area is 125 Å². The minimum absolute atomic E-state index is 0.0656. The Morgan fingerprint density at radius 3 is 2.48 bits per heavy atom. The lowest BCUT2D eigenvalue weighted by Crippen LogP contribution is -2.56. The van der Waals surface area contributed by atoms with Crippen molar-refractivity contribution in [3.05, 3.63) is 35.4 Å². The van der Waals surface area contributed by atoms with Crippen LogP contribution in [0.25, 0.3) is 0 Å². The van der Waals surface area contributed by atoms with Gasteiger partial charge in [-0.05, 0) is 37.7 Å². The van der Waals surface area contributed by atoms with E-state index in [4.69, 9.17) is 0 Å². The second-order valence-corrected chi connectivity index (χ2v) is 6.32. The van der Waals surface area contributed by atoms with Crippen LogP contribution in [0.1, 0.15) is 42.7 Å². The summed E-state index contributed by atoms with van der Waals surface area (Å²) in [5.74, 6) is 0.454. The molecule has 1 aromatic rings. The van der Waals surface area contributed by atoms with E-state index in [1.54, 1.807) is 7.05 Å². The molecule has 0 bridgehead atoms. The highest BCUT2D eigenvalue weighted by Crippen LogP contribution is 2.37. The van der Waals surface area contributed by atoms with Crippen molar-refractivity contribution in [2.24, 2.45) is 0 Å². The van der Waals surface area contributed by atoms with Crippen molar-refractivity contribution in [1.29, 1.82) is 0 Å². The second kappa shape index (κ2) is 5.60. The summed E-state index contributed by atoms with van der Waals surface area (Å²) < 4.78 is 0. The molecule has 21 heavy (non-hydrogen) atoms. The number of hydrogen-bond donors (Lipinski definition) is 1. The molecular formula is C17H22N2O2. The van der Waals surface area contributed by atoms with Gasteiger partial charge in [-0.15, -0.1) is 0 Å². The van der Waals surface area contributed by atoms with Gasteiger partial charge in [0.15, 0.2) is 0 Å². The van der Waals surface area contributed by atoms with E-state index in [0.29, 0.717) is 24.8 Å². The molecule has 1 saturated heterocycles. The largest absolute Gasteiger partial charge is 0.303 e. The third-order valence-electron chi connectivity index (χ3n) is 4.77. The first-order valence-electron chi connectivity index (χ1n) is 7.67. The molecular weight excluding hydrogens is 264 g/mol. The predicted octanol–water partition coefficient (Wildman–Crippen LogP) is 1.98. The van der Waals surface area contributed by atoms with E-state index in [1.807, 2.05) is 0 Å². The molecule has 2 amide bonds. The Kier molecular flexibility index (Phi) is 3.81. The molecule has 1 atom stereocenters. The second-order valence-electron chi connectivity index (χ2n) is 6.32. The van der Waals surface area contributed by atoms with Gasteiger partial charge in [0.25, 0.3) is 0 Å². The Morgan fingerprint density at radius 2 is 1.81 bits per heavy atom. The normalized spacial score (nSPS) is 29.4. The van der Waals surface area contributed by atoms with Crippen LogP contribution in [-0.4, -0.2) is 35.8 Å². The van der Waals surface area contributed by atoms with E-state index in [0.717, 1.165) is 12.8 Å². The lowest BCUT2D eigenvalue weighted by molar-refractivity contribution is -0.148. The summed E-state index contributed by atoms with van der Waals surface area (Å²) in [6, 6.07) is 8.93. The third kappa shape index (κ3) is 2.86. The van der Waals surface area contributed by atoms with Crippen molar-refractivity contribution in [2.45, 2.75) is 50.6 Å². The van der Waals surface area contributed by atoms with E-state index in [-0.39, 0.29) is 17.9 Å².